The molecule has 2 heterocycles. The lowest BCUT2D eigenvalue weighted by Gasteiger charge is -2.35. The van der Waals surface area contributed by atoms with Gasteiger partial charge in [0.25, 0.3) is 0 Å². The number of rotatable bonds is 5. The minimum Gasteiger partial charge on any atom is -0.320 e. The highest BCUT2D eigenvalue weighted by Gasteiger charge is 2.23. The van der Waals surface area contributed by atoms with Crippen molar-refractivity contribution in [1.82, 2.24) is 20.0 Å². The maximum atomic E-state index is 4.76. The average Bonchev–Trinajstić information content (AvgIpc) is 2.83. The minimum atomic E-state index is 0.701. The first-order chi connectivity index (χ1) is 10.3. The van der Waals surface area contributed by atoms with E-state index in [2.05, 4.69) is 34.5 Å². The summed E-state index contributed by atoms with van der Waals surface area (Å²) in [6.45, 7) is 3.29. The molecule has 1 aromatic heterocycles. The molecule has 4 heteroatoms. The Bertz CT molecular complexity index is 589. The van der Waals surface area contributed by atoms with Crippen LogP contribution in [0, 0.1) is 0 Å². The molecular weight excluding hydrogens is 260 g/mol. The highest BCUT2D eigenvalue weighted by Crippen LogP contribution is 2.24. The Balaban J connectivity index is 1.79. The molecule has 2 aromatic rings. The van der Waals surface area contributed by atoms with Gasteiger partial charge in [0.15, 0.2) is 0 Å². The van der Waals surface area contributed by atoms with Gasteiger partial charge >= 0.3 is 0 Å². The highest BCUT2D eigenvalue weighted by molar-refractivity contribution is 5.81. The predicted molar refractivity (Wildman–Crippen MR) is 87.3 cm³/mol. The fourth-order valence-corrected chi connectivity index (χ4v) is 3.50. The lowest BCUT2D eigenvalue weighted by Crippen LogP contribution is -2.40. The summed E-state index contributed by atoms with van der Waals surface area (Å²) in [6, 6.07) is 9.25. The Morgan fingerprint density at radius 3 is 3.00 bits per heavy atom. The molecule has 0 saturated carbocycles. The van der Waals surface area contributed by atoms with Crippen LogP contribution in [0.25, 0.3) is 10.9 Å². The summed E-state index contributed by atoms with van der Waals surface area (Å²) in [7, 11) is 4.08. The van der Waals surface area contributed by atoms with E-state index in [1.807, 2.05) is 18.8 Å². The van der Waals surface area contributed by atoms with Crippen molar-refractivity contribution in [1.29, 1.82) is 0 Å². The van der Waals surface area contributed by atoms with Crippen LogP contribution < -0.4 is 5.32 Å². The quantitative estimate of drug-likeness (QED) is 0.917. The monoisotopic (exact) mass is 286 g/mol. The molecule has 4 nitrogen and oxygen atoms in total. The summed E-state index contributed by atoms with van der Waals surface area (Å²) in [5, 5.41) is 9.35. The van der Waals surface area contributed by atoms with Gasteiger partial charge < -0.3 is 5.32 Å². The van der Waals surface area contributed by atoms with Crippen LogP contribution in [0.1, 0.15) is 31.4 Å². The molecular formula is C17H26N4. The number of fused-ring (bicyclic) bond motifs is 1. The van der Waals surface area contributed by atoms with E-state index in [1.165, 1.54) is 48.8 Å². The zero-order valence-corrected chi connectivity index (χ0v) is 13.2. The van der Waals surface area contributed by atoms with Gasteiger partial charge in [0.05, 0.1) is 11.2 Å². The lowest BCUT2D eigenvalue weighted by molar-refractivity contribution is 0.131. The van der Waals surface area contributed by atoms with Gasteiger partial charge in [0.1, 0.15) is 0 Å². The first-order valence-corrected chi connectivity index (χ1v) is 8.09. The Kier molecular flexibility index (Phi) is 4.56. The summed E-state index contributed by atoms with van der Waals surface area (Å²) >= 11 is 0. The molecule has 0 amide bonds. The van der Waals surface area contributed by atoms with Crippen molar-refractivity contribution in [2.24, 2.45) is 7.05 Å². The SMILES string of the molecule is CNCCC1CCCCN1Cc1nn(C)c2ccccc12. The molecule has 0 aliphatic carbocycles. The fraction of sp³-hybridized carbons (Fsp3) is 0.588. The first-order valence-electron chi connectivity index (χ1n) is 8.09. The third-order valence-corrected chi connectivity index (χ3v) is 4.66. The number of benzene rings is 1. The molecule has 3 rings (SSSR count). The molecule has 1 fully saturated rings. The van der Waals surface area contributed by atoms with Crippen molar-refractivity contribution >= 4 is 10.9 Å². The first kappa shape index (κ1) is 14.5. The summed E-state index contributed by atoms with van der Waals surface area (Å²) < 4.78 is 2.01. The molecule has 1 atom stereocenters. The van der Waals surface area contributed by atoms with Crippen molar-refractivity contribution in [3.8, 4) is 0 Å². The van der Waals surface area contributed by atoms with Gasteiger partial charge in [-0.2, -0.15) is 5.10 Å². The normalized spacial score (nSPS) is 20.2. The van der Waals surface area contributed by atoms with Crippen molar-refractivity contribution in [3.63, 3.8) is 0 Å². The van der Waals surface area contributed by atoms with E-state index < -0.39 is 0 Å². The Morgan fingerprint density at radius 1 is 1.29 bits per heavy atom. The summed E-state index contributed by atoms with van der Waals surface area (Å²) in [5.74, 6) is 0. The standard InChI is InChI=1S/C17H26N4/c1-18-11-10-14-7-5-6-12-21(14)13-16-15-8-3-4-9-17(15)20(2)19-16/h3-4,8-9,14,18H,5-7,10-13H2,1-2H3. The zero-order chi connectivity index (χ0) is 14.7. The van der Waals surface area contributed by atoms with Crippen molar-refractivity contribution in [2.75, 3.05) is 20.1 Å². The van der Waals surface area contributed by atoms with Crippen molar-refractivity contribution < 1.29 is 0 Å². The second-order valence-electron chi connectivity index (χ2n) is 6.10. The third-order valence-electron chi connectivity index (χ3n) is 4.66. The molecule has 1 unspecified atom stereocenters. The van der Waals surface area contributed by atoms with E-state index in [4.69, 9.17) is 5.10 Å². The van der Waals surface area contributed by atoms with Crippen molar-refractivity contribution in [3.05, 3.63) is 30.0 Å². The van der Waals surface area contributed by atoms with Crippen LogP contribution in [0.3, 0.4) is 0 Å². The van der Waals surface area contributed by atoms with Crippen LogP contribution in [0.4, 0.5) is 0 Å². The second-order valence-corrected chi connectivity index (χ2v) is 6.10. The summed E-state index contributed by atoms with van der Waals surface area (Å²) in [4.78, 5) is 2.63. The van der Waals surface area contributed by atoms with Gasteiger partial charge in [-0.1, -0.05) is 24.6 Å². The molecule has 0 bridgehead atoms. The van der Waals surface area contributed by atoms with Crippen LogP contribution in [0.2, 0.25) is 0 Å². The average molecular weight is 286 g/mol. The van der Waals surface area contributed by atoms with Crippen LogP contribution in [0.15, 0.2) is 24.3 Å². The topological polar surface area (TPSA) is 33.1 Å². The van der Waals surface area contributed by atoms with E-state index in [-0.39, 0.29) is 0 Å². The van der Waals surface area contributed by atoms with E-state index in [0.717, 1.165) is 13.1 Å². The van der Waals surface area contributed by atoms with Gasteiger partial charge in [-0.05, 0) is 45.5 Å². The number of hydrogen-bond donors (Lipinski definition) is 1. The maximum absolute atomic E-state index is 4.76. The molecule has 21 heavy (non-hydrogen) atoms. The van der Waals surface area contributed by atoms with Crippen LogP contribution in [-0.4, -0.2) is 40.9 Å². The van der Waals surface area contributed by atoms with Gasteiger partial charge in [-0.25, -0.2) is 0 Å². The molecule has 1 N–H and O–H groups in total. The number of piperidine rings is 1. The van der Waals surface area contributed by atoms with Crippen LogP contribution in [-0.2, 0) is 13.6 Å². The molecule has 1 aliphatic heterocycles. The second kappa shape index (κ2) is 6.58. The largest absolute Gasteiger partial charge is 0.320 e. The number of hydrogen-bond acceptors (Lipinski definition) is 3. The number of para-hydroxylation sites is 1. The molecule has 1 saturated heterocycles. The van der Waals surface area contributed by atoms with E-state index in [9.17, 15) is 0 Å². The van der Waals surface area contributed by atoms with E-state index in [1.54, 1.807) is 0 Å². The van der Waals surface area contributed by atoms with E-state index in [0.29, 0.717) is 6.04 Å². The van der Waals surface area contributed by atoms with Crippen LogP contribution in [0.5, 0.6) is 0 Å². The Morgan fingerprint density at radius 2 is 2.14 bits per heavy atom. The molecule has 0 radical (unpaired) electrons. The summed E-state index contributed by atoms with van der Waals surface area (Å²) in [6.07, 6.45) is 5.25. The Labute approximate surface area is 127 Å². The van der Waals surface area contributed by atoms with Gasteiger partial charge in [-0.3, -0.25) is 9.58 Å². The minimum absolute atomic E-state index is 0.701. The molecule has 1 aromatic carbocycles. The third kappa shape index (κ3) is 3.11. The van der Waals surface area contributed by atoms with E-state index >= 15 is 0 Å². The smallest absolute Gasteiger partial charge is 0.0843 e. The molecule has 0 spiro atoms. The van der Waals surface area contributed by atoms with Crippen LogP contribution >= 0.6 is 0 Å². The molecule has 1 aliphatic rings. The Hall–Kier alpha value is -1.39. The fourth-order valence-electron chi connectivity index (χ4n) is 3.50. The number of likely N-dealkylation sites (tertiary alicyclic amines) is 1. The number of aryl methyl sites for hydroxylation is 1. The highest BCUT2D eigenvalue weighted by atomic mass is 15.3. The predicted octanol–water partition coefficient (Wildman–Crippen LogP) is 2.54. The van der Waals surface area contributed by atoms with Gasteiger partial charge in [0.2, 0.25) is 0 Å². The number of aromatic nitrogens is 2. The molecule has 114 valence electrons. The summed E-state index contributed by atoms with van der Waals surface area (Å²) in [5.41, 5.74) is 2.46. The van der Waals surface area contributed by atoms with Gasteiger partial charge in [-0.15, -0.1) is 0 Å². The lowest BCUT2D eigenvalue weighted by atomic mass is 9.99. The zero-order valence-electron chi connectivity index (χ0n) is 13.2. The number of nitrogens with zero attached hydrogens (tertiary/aromatic N) is 3. The van der Waals surface area contributed by atoms with Crippen molar-refractivity contribution in [2.45, 2.75) is 38.3 Å². The van der Waals surface area contributed by atoms with Gasteiger partial charge in [0, 0.05) is 25.0 Å². The number of nitrogens with one attached hydrogen (secondary N) is 1. The maximum Gasteiger partial charge on any atom is 0.0843 e.